The topological polar surface area (TPSA) is 58.6 Å². The van der Waals surface area contributed by atoms with Gasteiger partial charge < -0.3 is 15.2 Å². The molecule has 1 rings (SSSR count). The second kappa shape index (κ2) is 9.28. The molecule has 0 aromatic heterocycles. The average molecular weight is 357 g/mol. The maximum absolute atomic E-state index is 13.2. The Morgan fingerprint density at radius 1 is 1.29 bits per heavy atom. The second-order valence-electron chi connectivity index (χ2n) is 6.75. The van der Waals surface area contributed by atoms with Gasteiger partial charge in [-0.1, -0.05) is 19.1 Å². The number of halogens is 1. The van der Waals surface area contributed by atoms with E-state index in [4.69, 9.17) is 4.74 Å². The lowest BCUT2D eigenvalue weighted by Gasteiger charge is -2.33. The van der Waals surface area contributed by atoms with Gasteiger partial charge in [0.25, 0.3) is 0 Å². The molecule has 136 valence electrons. The third-order valence-electron chi connectivity index (χ3n) is 3.66. The maximum atomic E-state index is 13.2. The zero-order valence-electron chi connectivity index (χ0n) is 14.9. The van der Waals surface area contributed by atoms with Crippen molar-refractivity contribution < 1.29 is 19.0 Å². The number of amides is 1. The smallest absolute Gasteiger partial charge is 0.407 e. The maximum Gasteiger partial charge on any atom is 0.407 e. The van der Waals surface area contributed by atoms with Crippen LogP contribution in [0.25, 0.3) is 0 Å². The van der Waals surface area contributed by atoms with E-state index in [0.717, 1.165) is 17.1 Å². The number of hydrogen-bond donors (Lipinski definition) is 2. The number of ether oxygens (including phenoxy) is 1. The van der Waals surface area contributed by atoms with Crippen molar-refractivity contribution in [2.75, 3.05) is 24.7 Å². The number of carbonyl (C=O) groups is 1. The quantitative estimate of drug-likeness (QED) is 0.696. The largest absolute Gasteiger partial charge is 0.444 e. The number of alkyl carbamates (subject to hydrolysis) is 1. The molecule has 0 aliphatic heterocycles. The number of rotatable bonds is 8. The van der Waals surface area contributed by atoms with Gasteiger partial charge in [-0.3, -0.25) is 0 Å². The van der Waals surface area contributed by atoms with Crippen LogP contribution >= 0.6 is 11.8 Å². The molecule has 6 heteroatoms. The predicted molar refractivity (Wildman–Crippen MR) is 97.0 cm³/mol. The highest BCUT2D eigenvalue weighted by Crippen LogP contribution is 2.29. The first-order valence-corrected chi connectivity index (χ1v) is 9.29. The SMILES string of the molecule is CCSCCC(CO)(CNC(=O)OC(C)(C)C)c1ccc(F)cc1. The molecular formula is C18H28FNO3S. The van der Waals surface area contributed by atoms with Gasteiger partial charge in [0.2, 0.25) is 0 Å². The summed E-state index contributed by atoms with van der Waals surface area (Å²) in [5, 5.41) is 12.8. The van der Waals surface area contributed by atoms with Crippen LogP contribution in [0, 0.1) is 5.82 Å². The summed E-state index contributed by atoms with van der Waals surface area (Å²) in [5.41, 5.74) is -0.439. The minimum atomic E-state index is -0.660. The Kier molecular flexibility index (Phi) is 8.03. The first-order valence-electron chi connectivity index (χ1n) is 8.14. The molecule has 1 unspecified atom stereocenters. The molecule has 0 saturated carbocycles. The summed E-state index contributed by atoms with van der Waals surface area (Å²) in [5.74, 6) is 1.49. The normalized spacial score (nSPS) is 14.1. The van der Waals surface area contributed by atoms with Crippen LogP contribution in [0.4, 0.5) is 9.18 Å². The van der Waals surface area contributed by atoms with Crippen molar-refractivity contribution in [1.82, 2.24) is 5.32 Å². The monoisotopic (exact) mass is 357 g/mol. The fourth-order valence-corrected chi connectivity index (χ4v) is 3.16. The summed E-state index contributed by atoms with van der Waals surface area (Å²) in [6.45, 7) is 7.55. The van der Waals surface area contributed by atoms with Crippen molar-refractivity contribution in [1.29, 1.82) is 0 Å². The fraction of sp³-hybridized carbons (Fsp3) is 0.611. The van der Waals surface area contributed by atoms with Gasteiger partial charge in [0.05, 0.1) is 6.61 Å². The predicted octanol–water partition coefficient (Wildman–Crippen LogP) is 3.72. The summed E-state index contributed by atoms with van der Waals surface area (Å²) < 4.78 is 18.5. The van der Waals surface area contributed by atoms with Crippen LogP contribution in [-0.4, -0.2) is 41.5 Å². The van der Waals surface area contributed by atoms with Gasteiger partial charge in [0.1, 0.15) is 11.4 Å². The number of nitrogens with one attached hydrogen (secondary N) is 1. The summed E-state index contributed by atoms with van der Waals surface area (Å²) in [6, 6.07) is 6.08. The van der Waals surface area contributed by atoms with Crippen LogP contribution in [0.15, 0.2) is 24.3 Å². The molecule has 0 saturated heterocycles. The molecule has 0 radical (unpaired) electrons. The van der Waals surface area contributed by atoms with Gasteiger partial charge in [-0.05, 0) is 56.4 Å². The standard InChI is InChI=1S/C18H28FNO3S/c1-5-24-11-10-18(13-21,14-6-8-15(19)9-7-14)12-20-16(22)23-17(2,3)4/h6-9,21H,5,10-13H2,1-4H3,(H,20,22). The van der Waals surface area contributed by atoms with E-state index in [-0.39, 0.29) is 19.0 Å². The fourth-order valence-electron chi connectivity index (χ4n) is 2.33. The summed E-state index contributed by atoms with van der Waals surface area (Å²) in [4.78, 5) is 12.0. The molecule has 0 spiro atoms. The number of benzene rings is 1. The number of carbonyl (C=O) groups excluding carboxylic acids is 1. The molecule has 1 aromatic carbocycles. The summed E-state index contributed by atoms with van der Waals surface area (Å²) >= 11 is 1.76. The van der Waals surface area contributed by atoms with E-state index in [1.54, 1.807) is 44.7 Å². The lowest BCUT2D eigenvalue weighted by Crippen LogP contribution is -2.45. The van der Waals surface area contributed by atoms with E-state index in [2.05, 4.69) is 12.2 Å². The van der Waals surface area contributed by atoms with Crippen LogP contribution in [0.5, 0.6) is 0 Å². The van der Waals surface area contributed by atoms with Gasteiger partial charge in [0.15, 0.2) is 0 Å². The van der Waals surface area contributed by atoms with Crippen molar-refractivity contribution in [3.05, 3.63) is 35.6 Å². The Bertz CT molecular complexity index is 516. The number of aliphatic hydroxyl groups excluding tert-OH is 1. The van der Waals surface area contributed by atoms with Crippen molar-refractivity contribution >= 4 is 17.9 Å². The van der Waals surface area contributed by atoms with Crippen molar-refractivity contribution in [3.63, 3.8) is 0 Å². The molecule has 0 aliphatic rings. The molecule has 1 aromatic rings. The highest BCUT2D eigenvalue weighted by Gasteiger charge is 2.32. The summed E-state index contributed by atoms with van der Waals surface area (Å²) in [7, 11) is 0. The molecule has 4 nitrogen and oxygen atoms in total. The molecule has 24 heavy (non-hydrogen) atoms. The van der Waals surface area contributed by atoms with E-state index in [0.29, 0.717) is 6.42 Å². The van der Waals surface area contributed by atoms with Gasteiger partial charge in [-0.15, -0.1) is 0 Å². The van der Waals surface area contributed by atoms with Crippen LogP contribution in [0.2, 0.25) is 0 Å². The van der Waals surface area contributed by atoms with E-state index < -0.39 is 17.1 Å². The lowest BCUT2D eigenvalue weighted by molar-refractivity contribution is 0.0502. The summed E-state index contributed by atoms with van der Waals surface area (Å²) in [6.07, 6.45) is 0.147. The first kappa shape index (κ1) is 20.8. The zero-order chi connectivity index (χ0) is 18.2. The molecule has 1 amide bonds. The third kappa shape index (κ3) is 6.69. The zero-order valence-corrected chi connectivity index (χ0v) is 15.7. The Hall–Kier alpha value is -1.27. The van der Waals surface area contributed by atoms with E-state index in [1.165, 1.54) is 12.1 Å². The Labute approximate surface area is 148 Å². The molecule has 0 heterocycles. The van der Waals surface area contributed by atoms with Crippen LogP contribution in [0.3, 0.4) is 0 Å². The van der Waals surface area contributed by atoms with Gasteiger partial charge >= 0.3 is 6.09 Å². The second-order valence-corrected chi connectivity index (χ2v) is 8.14. The number of aliphatic hydroxyl groups is 1. The highest BCUT2D eigenvalue weighted by molar-refractivity contribution is 7.99. The van der Waals surface area contributed by atoms with Crippen LogP contribution in [0.1, 0.15) is 39.7 Å². The number of thioether (sulfide) groups is 1. The Balaban J connectivity index is 2.90. The molecular weight excluding hydrogens is 329 g/mol. The van der Waals surface area contributed by atoms with Gasteiger partial charge in [-0.25, -0.2) is 9.18 Å². The van der Waals surface area contributed by atoms with E-state index in [9.17, 15) is 14.3 Å². The molecule has 0 aliphatic carbocycles. The Morgan fingerprint density at radius 3 is 2.42 bits per heavy atom. The molecule has 2 N–H and O–H groups in total. The van der Waals surface area contributed by atoms with Gasteiger partial charge in [0, 0.05) is 12.0 Å². The lowest BCUT2D eigenvalue weighted by atomic mass is 9.78. The minimum Gasteiger partial charge on any atom is -0.444 e. The molecule has 0 bridgehead atoms. The van der Waals surface area contributed by atoms with Crippen molar-refractivity contribution in [3.8, 4) is 0 Å². The van der Waals surface area contributed by atoms with Crippen molar-refractivity contribution in [2.24, 2.45) is 0 Å². The van der Waals surface area contributed by atoms with E-state index >= 15 is 0 Å². The van der Waals surface area contributed by atoms with Crippen molar-refractivity contribution in [2.45, 2.75) is 45.1 Å². The highest BCUT2D eigenvalue weighted by atomic mass is 32.2. The van der Waals surface area contributed by atoms with Gasteiger partial charge in [-0.2, -0.15) is 11.8 Å². The third-order valence-corrected chi connectivity index (χ3v) is 4.56. The molecule has 0 fully saturated rings. The first-order chi connectivity index (χ1) is 11.2. The minimum absolute atomic E-state index is 0.140. The average Bonchev–Trinajstić information content (AvgIpc) is 2.50. The van der Waals surface area contributed by atoms with Crippen LogP contribution in [-0.2, 0) is 10.2 Å². The molecule has 1 atom stereocenters. The Morgan fingerprint density at radius 2 is 1.92 bits per heavy atom. The number of hydrogen-bond acceptors (Lipinski definition) is 4. The van der Waals surface area contributed by atoms with Crippen LogP contribution < -0.4 is 5.32 Å². The van der Waals surface area contributed by atoms with E-state index in [1.807, 2.05) is 0 Å².